The fourth-order valence-corrected chi connectivity index (χ4v) is 2.12. The fourth-order valence-electron chi connectivity index (χ4n) is 2.12. The highest BCUT2D eigenvalue weighted by atomic mass is 15.5. The maximum atomic E-state index is 4.53. The number of benzene rings is 1. The highest BCUT2D eigenvalue weighted by Crippen LogP contribution is 2.17. The van der Waals surface area contributed by atoms with Crippen molar-refractivity contribution in [3.63, 3.8) is 0 Å². The summed E-state index contributed by atoms with van der Waals surface area (Å²) in [6.45, 7) is 2.19. The lowest BCUT2D eigenvalue weighted by molar-refractivity contribution is 0.695. The number of nitrogens with zero attached hydrogens (tertiary/aromatic N) is 6. The Kier molecular flexibility index (Phi) is 3.99. The summed E-state index contributed by atoms with van der Waals surface area (Å²) in [5.41, 5.74) is 1.88. The maximum absolute atomic E-state index is 4.53. The SMILES string of the molecule is CCCCCc1nc(-c2ccc(-n3cnnn3)cc2)n[nH]1. The summed E-state index contributed by atoms with van der Waals surface area (Å²) < 4.78 is 1.61. The van der Waals surface area contributed by atoms with E-state index < -0.39 is 0 Å². The molecule has 0 spiro atoms. The van der Waals surface area contributed by atoms with Crippen molar-refractivity contribution in [2.45, 2.75) is 32.6 Å². The molecule has 2 aromatic heterocycles. The average Bonchev–Trinajstić information content (AvgIpc) is 3.20. The highest BCUT2D eigenvalue weighted by Gasteiger charge is 2.06. The van der Waals surface area contributed by atoms with Crippen LogP contribution in [0.2, 0.25) is 0 Å². The number of aromatic nitrogens is 7. The molecule has 0 aliphatic heterocycles. The summed E-state index contributed by atoms with van der Waals surface area (Å²) in [5, 5.41) is 18.4. The van der Waals surface area contributed by atoms with E-state index in [1.54, 1.807) is 11.0 Å². The van der Waals surface area contributed by atoms with Gasteiger partial charge in [-0.2, -0.15) is 5.10 Å². The summed E-state index contributed by atoms with van der Waals surface area (Å²) in [5.74, 6) is 1.67. The summed E-state index contributed by atoms with van der Waals surface area (Å²) in [6.07, 6.45) is 6.08. The third-order valence-corrected chi connectivity index (χ3v) is 3.29. The number of unbranched alkanes of at least 4 members (excludes halogenated alkanes) is 2. The molecule has 0 saturated carbocycles. The topological polar surface area (TPSA) is 85.2 Å². The van der Waals surface area contributed by atoms with Gasteiger partial charge in [0.1, 0.15) is 12.2 Å². The molecule has 108 valence electrons. The minimum atomic E-state index is 0.727. The predicted octanol–water partition coefficient (Wildman–Crippen LogP) is 2.18. The van der Waals surface area contributed by atoms with E-state index in [1.165, 1.54) is 12.8 Å². The average molecular weight is 283 g/mol. The van der Waals surface area contributed by atoms with Crippen LogP contribution in [0.4, 0.5) is 0 Å². The quantitative estimate of drug-likeness (QED) is 0.701. The van der Waals surface area contributed by atoms with Gasteiger partial charge >= 0.3 is 0 Å². The van der Waals surface area contributed by atoms with E-state index in [0.717, 1.165) is 35.7 Å². The van der Waals surface area contributed by atoms with Gasteiger partial charge in [-0.05, 0) is 41.1 Å². The Morgan fingerprint density at radius 3 is 2.71 bits per heavy atom. The largest absolute Gasteiger partial charge is 0.263 e. The smallest absolute Gasteiger partial charge is 0.181 e. The number of rotatable bonds is 6. The first-order valence-electron chi connectivity index (χ1n) is 7.12. The van der Waals surface area contributed by atoms with Crippen LogP contribution in [0.15, 0.2) is 30.6 Å². The second-order valence-corrected chi connectivity index (χ2v) is 4.86. The molecular weight excluding hydrogens is 266 g/mol. The van der Waals surface area contributed by atoms with E-state index in [4.69, 9.17) is 0 Å². The second-order valence-electron chi connectivity index (χ2n) is 4.86. The van der Waals surface area contributed by atoms with Gasteiger partial charge in [-0.15, -0.1) is 5.10 Å². The van der Waals surface area contributed by atoms with E-state index >= 15 is 0 Å². The van der Waals surface area contributed by atoms with Gasteiger partial charge in [0, 0.05) is 12.0 Å². The second kappa shape index (κ2) is 6.25. The van der Waals surface area contributed by atoms with E-state index in [2.05, 4.69) is 37.6 Å². The normalized spacial score (nSPS) is 10.9. The Balaban J connectivity index is 1.72. The van der Waals surface area contributed by atoms with Crippen LogP contribution in [-0.2, 0) is 6.42 Å². The van der Waals surface area contributed by atoms with Gasteiger partial charge in [0.15, 0.2) is 5.82 Å². The Morgan fingerprint density at radius 2 is 2.00 bits per heavy atom. The van der Waals surface area contributed by atoms with E-state index in [9.17, 15) is 0 Å². The zero-order valence-electron chi connectivity index (χ0n) is 11.9. The van der Waals surface area contributed by atoms with Gasteiger partial charge in [0.25, 0.3) is 0 Å². The molecule has 3 aromatic rings. The molecular formula is C14H17N7. The minimum Gasteiger partial charge on any atom is -0.263 e. The van der Waals surface area contributed by atoms with Gasteiger partial charge in [0.05, 0.1) is 5.69 Å². The minimum absolute atomic E-state index is 0.727. The van der Waals surface area contributed by atoms with Gasteiger partial charge < -0.3 is 0 Å². The van der Waals surface area contributed by atoms with Gasteiger partial charge in [-0.3, -0.25) is 5.10 Å². The molecule has 0 saturated heterocycles. The number of tetrazole rings is 1. The number of aromatic amines is 1. The molecule has 0 fully saturated rings. The zero-order chi connectivity index (χ0) is 14.5. The van der Waals surface area contributed by atoms with Crippen LogP contribution in [0.5, 0.6) is 0 Å². The maximum Gasteiger partial charge on any atom is 0.181 e. The first kappa shape index (κ1) is 13.4. The first-order chi connectivity index (χ1) is 10.4. The first-order valence-corrected chi connectivity index (χ1v) is 7.12. The lowest BCUT2D eigenvalue weighted by Gasteiger charge is -2.00. The zero-order valence-corrected chi connectivity index (χ0v) is 11.9. The summed E-state index contributed by atoms with van der Waals surface area (Å²) in [7, 11) is 0. The van der Waals surface area contributed by atoms with Gasteiger partial charge in [0.2, 0.25) is 0 Å². The third-order valence-electron chi connectivity index (χ3n) is 3.29. The molecule has 2 heterocycles. The molecule has 0 atom stereocenters. The number of aryl methyl sites for hydroxylation is 1. The van der Waals surface area contributed by atoms with E-state index in [1.807, 2.05) is 24.3 Å². The van der Waals surface area contributed by atoms with Crippen molar-refractivity contribution in [2.75, 3.05) is 0 Å². The Hall–Kier alpha value is -2.57. The molecule has 21 heavy (non-hydrogen) atoms. The van der Waals surface area contributed by atoms with Crippen molar-refractivity contribution >= 4 is 0 Å². The standard InChI is InChI=1S/C14H17N7/c1-2-3-4-5-13-16-14(18-17-13)11-6-8-12(9-7-11)21-10-15-19-20-21/h6-10H,2-5H2,1H3,(H,16,17,18). The van der Waals surface area contributed by atoms with Crippen LogP contribution >= 0.6 is 0 Å². The fraction of sp³-hybridized carbons (Fsp3) is 0.357. The molecule has 0 aliphatic rings. The molecule has 0 aliphatic carbocycles. The van der Waals surface area contributed by atoms with Crippen LogP contribution < -0.4 is 0 Å². The molecule has 0 unspecified atom stereocenters. The van der Waals surface area contributed by atoms with E-state index in [-0.39, 0.29) is 0 Å². The number of hydrogen-bond acceptors (Lipinski definition) is 5. The molecule has 3 rings (SSSR count). The Bertz CT molecular complexity index is 670. The van der Waals surface area contributed by atoms with Gasteiger partial charge in [-0.25, -0.2) is 9.67 Å². The molecule has 0 bridgehead atoms. The lowest BCUT2D eigenvalue weighted by Crippen LogP contribution is -1.94. The van der Waals surface area contributed by atoms with Crippen molar-refractivity contribution in [3.05, 3.63) is 36.4 Å². The third kappa shape index (κ3) is 3.13. The highest BCUT2D eigenvalue weighted by molar-refractivity contribution is 5.56. The number of hydrogen-bond donors (Lipinski definition) is 1. The number of nitrogens with one attached hydrogen (secondary N) is 1. The van der Waals surface area contributed by atoms with Crippen molar-refractivity contribution in [1.82, 2.24) is 35.4 Å². The summed E-state index contributed by atoms with van der Waals surface area (Å²) >= 11 is 0. The molecule has 7 heteroatoms. The lowest BCUT2D eigenvalue weighted by atomic mass is 10.2. The molecule has 7 nitrogen and oxygen atoms in total. The molecule has 1 aromatic carbocycles. The van der Waals surface area contributed by atoms with Crippen LogP contribution in [0.1, 0.15) is 32.0 Å². The molecule has 0 amide bonds. The van der Waals surface area contributed by atoms with Crippen molar-refractivity contribution in [1.29, 1.82) is 0 Å². The Morgan fingerprint density at radius 1 is 1.14 bits per heavy atom. The Labute approximate surface area is 122 Å². The summed E-state index contributed by atoms with van der Waals surface area (Å²) in [4.78, 5) is 4.53. The molecule has 1 N–H and O–H groups in total. The van der Waals surface area contributed by atoms with Crippen molar-refractivity contribution in [3.8, 4) is 17.1 Å². The van der Waals surface area contributed by atoms with Crippen LogP contribution in [0, 0.1) is 0 Å². The van der Waals surface area contributed by atoms with Crippen LogP contribution in [-0.4, -0.2) is 35.4 Å². The predicted molar refractivity (Wildman–Crippen MR) is 77.8 cm³/mol. The van der Waals surface area contributed by atoms with Crippen molar-refractivity contribution in [2.24, 2.45) is 0 Å². The van der Waals surface area contributed by atoms with Gasteiger partial charge in [-0.1, -0.05) is 19.8 Å². The molecule has 0 radical (unpaired) electrons. The van der Waals surface area contributed by atoms with Crippen LogP contribution in [0.25, 0.3) is 17.1 Å². The monoisotopic (exact) mass is 283 g/mol. The van der Waals surface area contributed by atoms with Crippen LogP contribution in [0.3, 0.4) is 0 Å². The van der Waals surface area contributed by atoms with E-state index in [0.29, 0.717) is 0 Å². The summed E-state index contributed by atoms with van der Waals surface area (Å²) in [6, 6.07) is 7.82. The number of H-pyrrole nitrogens is 1. The van der Waals surface area contributed by atoms with Crippen molar-refractivity contribution < 1.29 is 0 Å².